The smallest absolute Gasteiger partial charge is 0.410 e. The molecule has 0 bridgehead atoms. The van der Waals surface area contributed by atoms with Crippen molar-refractivity contribution in [2.24, 2.45) is 0 Å². The predicted octanol–water partition coefficient (Wildman–Crippen LogP) is 3.78. The summed E-state index contributed by atoms with van der Waals surface area (Å²) in [6.45, 7) is 7.05. The quantitative estimate of drug-likeness (QED) is 0.855. The van der Waals surface area contributed by atoms with Crippen LogP contribution in [0, 0.1) is 0 Å². The summed E-state index contributed by atoms with van der Waals surface area (Å²) < 4.78 is 11.1. The number of piperidine rings is 1. The lowest BCUT2D eigenvalue weighted by Gasteiger charge is -2.33. The third kappa shape index (κ3) is 4.53. The monoisotopic (exact) mass is 372 g/mol. The molecule has 0 aliphatic carbocycles. The average Bonchev–Trinajstić information content (AvgIpc) is 3.06. The van der Waals surface area contributed by atoms with Crippen molar-refractivity contribution < 1.29 is 14.3 Å². The lowest BCUT2D eigenvalue weighted by Crippen LogP contribution is -2.41. The van der Waals surface area contributed by atoms with Gasteiger partial charge in [0.15, 0.2) is 0 Å². The number of carbonyl (C=O) groups is 1. The number of methoxy groups -OCH3 is 1. The summed E-state index contributed by atoms with van der Waals surface area (Å²) in [5.74, 6) is 1.62. The van der Waals surface area contributed by atoms with E-state index in [1.165, 1.54) is 5.56 Å². The van der Waals surface area contributed by atoms with E-state index in [0.29, 0.717) is 24.8 Å². The number of anilines is 1. The number of likely N-dealkylation sites (tertiary alicyclic amines) is 1. The molecule has 7 heteroatoms. The first kappa shape index (κ1) is 19.1. The van der Waals surface area contributed by atoms with Gasteiger partial charge >= 0.3 is 6.09 Å². The maximum Gasteiger partial charge on any atom is 0.410 e. The van der Waals surface area contributed by atoms with Gasteiger partial charge in [-0.2, -0.15) is 5.10 Å². The van der Waals surface area contributed by atoms with Gasteiger partial charge in [0.1, 0.15) is 17.2 Å². The van der Waals surface area contributed by atoms with E-state index in [0.717, 1.165) is 29.8 Å². The molecular formula is C20H28N4O3. The van der Waals surface area contributed by atoms with Crippen molar-refractivity contribution in [2.45, 2.75) is 45.1 Å². The number of ether oxygens (including phenoxy) is 2. The number of nitrogens with two attached hydrogens (primary N) is 1. The van der Waals surface area contributed by atoms with Crippen molar-refractivity contribution in [3.63, 3.8) is 0 Å². The zero-order valence-corrected chi connectivity index (χ0v) is 16.4. The van der Waals surface area contributed by atoms with Gasteiger partial charge in [-0.25, -0.2) is 4.79 Å². The van der Waals surface area contributed by atoms with Crippen LogP contribution in [-0.2, 0) is 4.74 Å². The van der Waals surface area contributed by atoms with Crippen LogP contribution < -0.4 is 10.5 Å². The van der Waals surface area contributed by atoms with Gasteiger partial charge in [0.05, 0.1) is 12.8 Å². The lowest BCUT2D eigenvalue weighted by atomic mass is 9.88. The van der Waals surface area contributed by atoms with E-state index in [1.54, 1.807) is 18.1 Å². The van der Waals surface area contributed by atoms with E-state index in [-0.39, 0.29) is 6.09 Å². The lowest BCUT2D eigenvalue weighted by molar-refractivity contribution is 0.0205. The van der Waals surface area contributed by atoms with Crippen LogP contribution in [0.1, 0.15) is 45.1 Å². The number of hydrogen-bond acceptors (Lipinski definition) is 5. The summed E-state index contributed by atoms with van der Waals surface area (Å²) in [6.07, 6.45) is 1.57. The zero-order valence-electron chi connectivity index (χ0n) is 16.4. The first-order chi connectivity index (χ1) is 12.8. The number of nitrogens with one attached hydrogen (secondary N) is 1. The molecule has 7 nitrogen and oxygen atoms in total. The van der Waals surface area contributed by atoms with E-state index < -0.39 is 5.60 Å². The van der Waals surface area contributed by atoms with Crippen molar-refractivity contribution >= 4 is 11.9 Å². The highest BCUT2D eigenvalue weighted by atomic mass is 16.6. The summed E-state index contributed by atoms with van der Waals surface area (Å²) in [6, 6.07) is 8.00. The summed E-state index contributed by atoms with van der Waals surface area (Å²) in [7, 11) is 1.66. The highest BCUT2D eigenvalue weighted by molar-refractivity contribution is 5.70. The number of rotatable bonds is 3. The van der Waals surface area contributed by atoms with Crippen LogP contribution in [0.15, 0.2) is 24.3 Å². The number of carbonyl (C=O) groups excluding carboxylic acids is 1. The minimum atomic E-state index is -0.465. The standard InChI is InChI=1S/C20H28N4O3/c1-20(2,3)27-19(25)24-9-7-13(8-10-24)14-5-6-15(17(11-14)26-4)16-12-18(21)23-22-16/h5-6,11-13H,7-10H2,1-4H3,(H3,21,22,23). The Morgan fingerprint density at radius 3 is 2.52 bits per heavy atom. The highest BCUT2D eigenvalue weighted by Gasteiger charge is 2.28. The Labute approximate surface area is 159 Å². The summed E-state index contributed by atoms with van der Waals surface area (Å²) >= 11 is 0. The minimum absolute atomic E-state index is 0.231. The minimum Gasteiger partial charge on any atom is -0.496 e. The molecular weight excluding hydrogens is 344 g/mol. The first-order valence-electron chi connectivity index (χ1n) is 9.24. The molecule has 1 aromatic carbocycles. The Kier molecular flexibility index (Phi) is 5.30. The van der Waals surface area contributed by atoms with Crippen molar-refractivity contribution in [1.29, 1.82) is 0 Å². The van der Waals surface area contributed by atoms with Crippen LogP contribution in [0.3, 0.4) is 0 Å². The molecule has 1 aliphatic heterocycles. The Bertz CT molecular complexity index is 802. The summed E-state index contributed by atoms with van der Waals surface area (Å²) in [5.41, 5.74) is 8.21. The number of nitrogen functional groups attached to an aromatic ring is 1. The van der Waals surface area contributed by atoms with Crippen LogP contribution in [0.5, 0.6) is 5.75 Å². The molecule has 0 unspecified atom stereocenters. The van der Waals surface area contributed by atoms with Crippen molar-refractivity contribution in [1.82, 2.24) is 15.1 Å². The molecule has 1 aliphatic rings. The van der Waals surface area contributed by atoms with Crippen LogP contribution in [-0.4, -0.2) is 47.0 Å². The van der Waals surface area contributed by atoms with Gasteiger partial charge in [0.25, 0.3) is 0 Å². The topological polar surface area (TPSA) is 93.5 Å². The molecule has 2 aromatic rings. The Morgan fingerprint density at radius 2 is 1.96 bits per heavy atom. The van der Waals surface area contributed by atoms with E-state index in [2.05, 4.69) is 22.3 Å². The Hall–Kier alpha value is -2.70. The SMILES string of the molecule is COc1cc(C2CCN(C(=O)OC(C)(C)C)CC2)ccc1-c1cc(N)n[nH]1. The Balaban J connectivity index is 1.69. The number of aromatic nitrogens is 2. The van der Waals surface area contributed by atoms with Crippen LogP contribution in [0.25, 0.3) is 11.3 Å². The van der Waals surface area contributed by atoms with Gasteiger partial charge in [0.2, 0.25) is 0 Å². The predicted molar refractivity (Wildman–Crippen MR) is 105 cm³/mol. The van der Waals surface area contributed by atoms with Crippen molar-refractivity contribution in [3.8, 4) is 17.0 Å². The molecule has 2 heterocycles. The van der Waals surface area contributed by atoms with Crippen LogP contribution in [0.2, 0.25) is 0 Å². The summed E-state index contributed by atoms with van der Waals surface area (Å²) in [4.78, 5) is 14.0. The fourth-order valence-electron chi connectivity index (χ4n) is 3.38. The molecule has 0 radical (unpaired) electrons. The molecule has 1 saturated heterocycles. The fourth-order valence-corrected chi connectivity index (χ4v) is 3.38. The number of nitrogens with zero attached hydrogens (tertiary/aromatic N) is 2. The molecule has 3 rings (SSSR count). The van der Waals surface area contributed by atoms with Crippen LogP contribution >= 0.6 is 0 Å². The molecule has 3 N–H and O–H groups in total. The van der Waals surface area contributed by atoms with Gasteiger partial charge in [0, 0.05) is 24.7 Å². The van der Waals surface area contributed by atoms with Gasteiger partial charge in [-0.15, -0.1) is 0 Å². The molecule has 1 fully saturated rings. The van der Waals surface area contributed by atoms with Crippen LogP contribution in [0.4, 0.5) is 10.6 Å². The van der Waals surface area contributed by atoms with Gasteiger partial charge in [-0.3, -0.25) is 5.10 Å². The van der Waals surface area contributed by atoms with Crippen molar-refractivity contribution in [3.05, 3.63) is 29.8 Å². The molecule has 0 atom stereocenters. The maximum atomic E-state index is 12.2. The maximum absolute atomic E-state index is 12.2. The number of benzene rings is 1. The second kappa shape index (κ2) is 7.50. The van der Waals surface area contributed by atoms with E-state index in [4.69, 9.17) is 15.2 Å². The average molecular weight is 372 g/mol. The van der Waals surface area contributed by atoms with E-state index in [1.807, 2.05) is 26.8 Å². The molecule has 146 valence electrons. The number of hydrogen-bond donors (Lipinski definition) is 2. The second-order valence-electron chi connectivity index (χ2n) is 7.91. The largest absolute Gasteiger partial charge is 0.496 e. The fraction of sp³-hybridized carbons (Fsp3) is 0.500. The third-order valence-corrected chi connectivity index (χ3v) is 4.73. The molecule has 1 aromatic heterocycles. The number of amides is 1. The number of aromatic amines is 1. The van der Waals surface area contributed by atoms with Gasteiger partial charge < -0.3 is 20.1 Å². The second-order valence-corrected chi connectivity index (χ2v) is 7.91. The van der Waals surface area contributed by atoms with E-state index >= 15 is 0 Å². The van der Waals surface area contributed by atoms with E-state index in [9.17, 15) is 4.79 Å². The zero-order chi connectivity index (χ0) is 19.6. The van der Waals surface area contributed by atoms with Crippen molar-refractivity contribution in [2.75, 3.05) is 25.9 Å². The molecule has 0 spiro atoms. The molecule has 27 heavy (non-hydrogen) atoms. The third-order valence-electron chi connectivity index (χ3n) is 4.73. The first-order valence-corrected chi connectivity index (χ1v) is 9.24. The van der Waals surface area contributed by atoms with Gasteiger partial charge in [-0.1, -0.05) is 6.07 Å². The molecule has 1 amide bonds. The highest BCUT2D eigenvalue weighted by Crippen LogP contribution is 2.35. The van der Waals surface area contributed by atoms with Gasteiger partial charge in [-0.05, 0) is 57.2 Å². The molecule has 0 saturated carbocycles. The summed E-state index contributed by atoms with van der Waals surface area (Å²) in [5, 5.41) is 6.90. The number of H-pyrrole nitrogens is 1. The Morgan fingerprint density at radius 1 is 1.26 bits per heavy atom. The normalized spacial score (nSPS) is 15.6.